The molecule has 29 heavy (non-hydrogen) atoms. The number of imidazole rings is 1. The number of rotatable bonds is 6. The van der Waals surface area contributed by atoms with Crippen LogP contribution in [0.5, 0.6) is 0 Å². The zero-order chi connectivity index (χ0) is 20.2. The van der Waals surface area contributed by atoms with E-state index in [9.17, 15) is 9.59 Å². The second-order valence-electron chi connectivity index (χ2n) is 6.67. The van der Waals surface area contributed by atoms with Crippen LogP contribution in [0, 0.1) is 6.92 Å². The molecule has 0 aliphatic carbocycles. The minimum absolute atomic E-state index is 0.146. The summed E-state index contributed by atoms with van der Waals surface area (Å²) in [4.78, 5) is 29.7. The summed E-state index contributed by atoms with van der Waals surface area (Å²) in [6.07, 6.45) is 3.25. The van der Waals surface area contributed by atoms with E-state index in [1.807, 2.05) is 31.2 Å². The van der Waals surface area contributed by atoms with Gasteiger partial charge in [0.2, 0.25) is 5.82 Å². The van der Waals surface area contributed by atoms with E-state index in [2.05, 4.69) is 15.6 Å². The quantitative estimate of drug-likeness (QED) is 0.531. The van der Waals surface area contributed by atoms with Crippen LogP contribution >= 0.6 is 0 Å². The molecule has 4 aromatic rings. The number of fused-ring (bicyclic) bond motifs is 1. The van der Waals surface area contributed by atoms with Crippen molar-refractivity contribution in [2.75, 3.05) is 0 Å². The number of carbonyl (C=O) groups is 2. The highest BCUT2D eigenvalue weighted by molar-refractivity contribution is 6.02. The Labute approximate surface area is 167 Å². The molecule has 0 saturated carbocycles. The van der Waals surface area contributed by atoms with E-state index in [1.165, 1.54) is 0 Å². The van der Waals surface area contributed by atoms with Gasteiger partial charge in [-0.2, -0.15) is 0 Å². The van der Waals surface area contributed by atoms with Crippen molar-refractivity contribution < 1.29 is 14.0 Å². The summed E-state index contributed by atoms with van der Waals surface area (Å²) in [6, 6.07) is 16.8. The lowest BCUT2D eigenvalue weighted by molar-refractivity contribution is 0.0937. The first kappa shape index (κ1) is 18.5. The number of carbonyl (C=O) groups excluding carboxylic acids is 2. The number of aryl methyl sites for hydroxylation is 1. The Morgan fingerprint density at radius 3 is 2.66 bits per heavy atom. The van der Waals surface area contributed by atoms with Gasteiger partial charge in [0.1, 0.15) is 5.76 Å². The molecule has 0 radical (unpaired) electrons. The highest BCUT2D eigenvalue weighted by Crippen LogP contribution is 2.14. The molecule has 2 amide bonds. The summed E-state index contributed by atoms with van der Waals surface area (Å²) < 4.78 is 6.84. The van der Waals surface area contributed by atoms with Gasteiger partial charge in [-0.25, -0.2) is 4.98 Å². The molecular weight excluding hydrogens is 368 g/mol. The average molecular weight is 388 g/mol. The largest absolute Gasteiger partial charge is 0.467 e. The second-order valence-corrected chi connectivity index (χ2v) is 6.67. The maximum atomic E-state index is 12.8. The molecule has 1 aromatic carbocycles. The molecule has 7 nitrogen and oxygen atoms in total. The Balaban J connectivity index is 1.54. The molecule has 0 aliphatic heterocycles. The SMILES string of the molecule is Cc1cccc(CNC(=O)c2nc(C(=O)NCc3ccco3)n3ccccc23)c1. The number of aromatic nitrogens is 2. The molecule has 3 heterocycles. The summed E-state index contributed by atoms with van der Waals surface area (Å²) in [5, 5.41) is 5.64. The molecule has 0 atom stereocenters. The van der Waals surface area contributed by atoms with Crippen molar-refractivity contribution >= 4 is 17.3 Å². The summed E-state index contributed by atoms with van der Waals surface area (Å²) in [5.41, 5.74) is 2.90. The minimum atomic E-state index is -0.389. The van der Waals surface area contributed by atoms with Crippen LogP contribution in [0.3, 0.4) is 0 Å². The van der Waals surface area contributed by atoms with Gasteiger partial charge in [-0.15, -0.1) is 0 Å². The molecule has 0 aliphatic rings. The van der Waals surface area contributed by atoms with Crippen molar-refractivity contribution in [3.05, 3.63) is 95.5 Å². The van der Waals surface area contributed by atoms with Crippen LogP contribution in [-0.4, -0.2) is 21.2 Å². The van der Waals surface area contributed by atoms with Gasteiger partial charge in [-0.1, -0.05) is 35.9 Å². The number of benzene rings is 1. The zero-order valence-corrected chi connectivity index (χ0v) is 15.9. The Bertz CT molecular complexity index is 1160. The lowest BCUT2D eigenvalue weighted by Gasteiger charge is -2.05. The van der Waals surface area contributed by atoms with E-state index >= 15 is 0 Å². The monoisotopic (exact) mass is 388 g/mol. The second kappa shape index (κ2) is 8.02. The van der Waals surface area contributed by atoms with Gasteiger partial charge in [0.25, 0.3) is 11.8 Å². The number of amides is 2. The highest BCUT2D eigenvalue weighted by atomic mass is 16.3. The van der Waals surface area contributed by atoms with Gasteiger partial charge < -0.3 is 15.1 Å². The molecule has 0 bridgehead atoms. The third-order valence-electron chi connectivity index (χ3n) is 4.51. The van der Waals surface area contributed by atoms with Gasteiger partial charge in [-0.3, -0.25) is 14.0 Å². The number of nitrogens with one attached hydrogen (secondary N) is 2. The Morgan fingerprint density at radius 2 is 1.86 bits per heavy atom. The highest BCUT2D eigenvalue weighted by Gasteiger charge is 2.21. The molecule has 0 spiro atoms. The Kier molecular flexibility index (Phi) is 5.11. The molecule has 0 unspecified atom stereocenters. The van der Waals surface area contributed by atoms with E-state index in [1.54, 1.807) is 47.2 Å². The third-order valence-corrected chi connectivity index (χ3v) is 4.51. The van der Waals surface area contributed by atoms with Crippen LogP contribution in [0.2, 0.25) is 0 Å². The molecule has 2 N–H and O–H groups in total. The van der Waals surface area contributed by atoms with Gasteiger partial charge in [-0.05, 0) is 36.8 Å². The summed E-state index contributed by atoms with van der Waals surface area (Å²) in [5.74, 6) is 0.0591. The minimum Gasteiger partial charge on any atom is -0.467 e. The lowest BCUT2D eigenvalue weighted by atomic mass is 10.1. The van der Waals surface area contributed by atoms with Crippen molar-refractivity contribution in [3.8, 4) is 0 Å². The Morgan fingerprint density at radius 1 is 1.00 bits per heavy atom. The van der Waals surface area contributed by atoms with E-state index < -0.39 is 0 Å². The van der Waals surface area contributed by atoms with Crippen molar-refractivity contribution in [3.63, 3.8) is 0 Å². The first-order valence-corrected chi connectivity index (χ1v) is 9.23. The topological polar surface area (TPSA) is 88.6 Å². The fraction of sp³-hybridized carbons (Fsp3) is 0.136. The van der Waals surface area contributed by atoms with Crippen LogP contribution in [0.1, 0.15) is 38.0 Å². The number of hydrogen-bond donors (Lipinski definition) is 2. The van der Waals surface area contributed by atoms with Crippen LogP contribution in [-0.2, 0) is 13.1 Å². The maximum absolute atomic E-state index is 12.8. The van der Waals surface area contributed by atoms with Crippen molar-refractivity contribution in [2.24, 2.45) is 0 Å². The van der Waals surface area contributed by atoms with E-state index in [-0.39, 0.29) is 29.9 Å². The molecule has 7 heteroatoms. The van der Waals surface area contributed by atoms with Crippen LogP contribution in [0.15, 0.2) is 71.5 Å². The fourth-order valence-corrected chi connectivity index (χ4v) is 3.11. The van der Waals surface area contributed by atoms with Crippen LogP contribution in [0.4, 0.5) is 0 Å². The maximum Gasteiger partial charge on any atom is 0.288 e. The normalized spacial score (nSPS) is 10.8. The predicted octanol–water partition coefficient (Wildman–Crippen LogP) is 3.10. The van der Waals surface area contributed by atoms with Gasteiger partial charge in [0.05, 0.1) is 18.3 Å². The fourth-order valence-electron chi connectivity index (χ4n) is 3.11. The first-order chi connectivity index (χ1) is 14.1. The van der Waals surface area contributed by atoms with Crippen LogP contribution in [0.25, 0.3) is 5.52 Å². The molecule has 0 saturated heterocycles. The molecular formula is C22H20N4O3. The van der Waals surface area contributed by atoms with Gasteiger partial charge >= 0.3 is 0 Å². The number of nitrogens with zero attached hydrogens (tertiary/aromatic N) is 2. The smallest absolute Gasteiger partial charge is 0.288 e. The Hall–Kier alpha value is -3.87. The number of hydrogen-bond acceptors (Lipinski definition) is 4. The van der Waals surface area contributed by atoms with Crippen molar-refractivity contribution in [1.82, 2.24) is 20.0 Å². The standard InChI is InChI=1S/C22H20N4O3/c1-15-6-4-7-16(12-15)13-23-21(27)19-18-9-2-3-10-26(18)20(25-19)22(28)24-14-17-8-5-11-29-17/h2-12H,13-14H2,1H3,(H,23,27)(H,24,28). The van der Waals surface area contributed by atoms with E-state index in [4.69, 9.17) is 4.42 Å². The molecule has 4 rings (SSSR count). The van der Waals surface area contributed by atoms with Gasteiger partial charge in [0.15, 0.2) is 5.69 Å². The molecule has 146 valence electrons. The average Bonchev–Trinajstić information content (AvgIpc) is 3.38. The third kappa shape index (κ3) is 4.03. The van der Waals surface area contributed by atoms with E-state index in [0.29, 0.717) is 17.8 Å². The van der Waals surface area contributed by atoms with Crippen molar-refractivity contribution in [1.29, 1.82) is 0 Å². The molecule has 3 aromatic heterocycles. The van der Waals surface area contributed by atoms with E-state index in [0.717, 1.165) is 11.1 Å². The number of furan rings is 1. The van der Waals surface area contributed by atoms with Gasteiger partial charge in [0, 0.05) is 12.7 Å². The number of pyridine rings is 1. The first-order valence-electron chi connectivity index (χ1n) is 9.23. The summed E-state index contributed by atoms with van der Waals surface area (Å²) >= 11 is 0. The predicted molar refractivity (Wildman–Crippen MR) is 107 cm³/mol. The molecule has 0 fully saturated rings. The zero-order valence-electron chi connectivity index (χ0n) is 15.9. The summed E-state index contributed by atoms with van der Waals surface area (Å²) in [6.45, 7) is 2.62. The van der Waals surface area contributed by atoms with Crippen LogP contribution < -0.4 is 10.6 Å². The summed E-state index contributed by atoms with van der Waals surface area (Å²) in [7, 11) is 0. The lowest BCUT2D eigenvalue weighted by Crippen LogP contribution is -2.25. The van der Waals surface area contributed by atoms with Crippen molar-refractivity contribution in [2.45, 2.75) is 20.0 Å².